The molecule has 43 heavy (non-hydrogen) atoms. The van der Waals surface area contributed by atoms with Crippen molar-refractivity contribution in [2.75, 3.05) is 0 Å². The Balaban J connectivity index is 1.27. The van der Waals surface area contributed by atoms with Crippen molar-refractivity contribution in [3.8, 4) is 0 Å². The summed E-state index contributed by atoms with van der Waals surface area (Å²) in [5.74, 6) is 1.43. The Morgan fingerprint density at radius 1 is 0.419 bits per heavy atom. The van der Waals surface area contributed by atoms with Gasteiger partial charge in [-0.3, -0.25) is 0 Å². The highest BCUT2D eigenvalue weighted by Crippen LogP contribution is 2.52. The zero-order valence-electron chi connectivity index (χ0n) is 23.8. The van der Waals surface area contributed by atoms with E-state index in [1.54, 1.807) is 0 Å². The fourth-order valence-corrected chi connectivity index (χ4v) is 6.89. The van der Waals surface area contributed by atoms with Crippen LogP contribution >= 0.6 is 0 Å². The molecule has 0 fully saturated rings. The summed E-state index contributed by atoms with van der Waals surface area (Å²) in [4.78, 5) is 10.9. The summed E-state index contributed by atoms with van der Waals surface area (Å²) < 4.78 is 14.0. The molecule has 210 valence electrons. The quantitative estimate of drug-likeness (QED) is 0.209. The van der Waals surface area contributed by atoms with Crippen LogP contribution < -0.4 is 0 Å². The molecule has 2 aliphatic heterocycles. The van der Waals surface area contributed by atoms with Crippen molar-refractivity contribution in [1.82, 2.24) is 0 Å². The average Bonchev–Trinajstić information content (AvgIpc) is 3.83. The predicted molar refractivity (Wildman–Crippen MR) is 170 cm³/mol. The van der Waals surface area contributed by atoms with Crippen LogP contribution in [0.4, 0.5) is 0 Å². The second kappa shape index (κ2) is 10.7. The van der Waals surface area contributed by atoms with Gasteiger partial charge in [0.2, 0.25) is 11.8 Å². The molecule has 0 radical (unpaired) electrons. The lowest BCUT2D eigenvalue weighted by molar-refractivity contribution is 0.156. The molecule has 0 amide bonds. The number of aliphatic imine (C=N–C) groups is 2. The second-order valence-corrected chi connectivity index (χ2v) is 11.7. The van der Waals surface area contributed by atoms with Crippen LogP contribution in [0.25, 0.3) is 0 Å². The predicted octanol–water partition coefficient (Wildman–Crippen LogP) is 8.59. The van der Waals surface area contributed by atoms with Gasteiger partial charge < -0.3 is 9.47 Å². The van der Waals surface area contributed by atoms with E-state index < -0.39 is 5.41 Å². The molecule has 4 nitrogen and oxygen atoms in total. The lowest BCUT2D eigenvalue weighted by Crippen LogP contribution is -2.41. The molecule has 0 saturated carbocycles. The normalized spacial score (nSPS) is 23.5. The highest BCUT2D eigenvalue weighted by atomic mass is 16.5. The van der Waals surface area contributed by atoms with Gasteiger partial charge in [0.05, 0.1) is 0 Å². The van der Waals surface area contributed by atoms with Crippen molar-refractivity contribution >= 4 is 11.8 Å². The van der Waals surface area contributed by atoms with Crippen LogP contribution in [0.15, 0.2) is 156 Å². The standard InChI is InChI=1S/C39H32N2O2/c1-5-15-27(16-6-1)33-35(29-19-9-3-10-20-29)42-37(40-33)39(25-31-23-13-14-24-32(31)26-39)38-41-34(28-17-7-2-8-18-28)36(43-38)30-21-11-4-12-22-30/h1-24,33-36H,25-26H2. The van der Waals surface area contributed by atoms with Crippen LogP contribution in [0.5, 0.6) is 0 Å². The van der Waals surface area contributed by atoms with E-state index in [1.165, 1.54) is 11.1 Å². The van der Waals surface area contributed by atoms with Gasteiger partial charge in [0.15, 0.2) is 12.2 Å². The summed E-state index contributed by atoms with van der Waals surface area (Å²) in [5, 5.41) is 0. The third kappa shape index (κ3) is 4.54. The summed E-state index contributed by atoms with van der Waals surface area (Å²) in [5.41, 5.74) is 6.43. The summed E-state index contributed by atoms with van der Waals surface area (Å²) >= 11 is 0. The first-order valence-corrected chi connectivity index (χ1v) is 15.0. The molecular formula is C39H32N2O2. The van der Waals surface area contributed by atoms with Crippen molar-refractivity contribution in [3.63, 3.8) is 0 Å². The topological polar surface area (TPSA) is 43.2 Å². The maximum absolute atomic E-state index is 7.02. The van der Waals surface area contributed by atoms with Crippen LogP contribution in [0.1, 0.15) is 57.7 Å². The fourth-order valence-electron chi connectivity index (χ4n) is 6.89. The van der Waals surface area contributed by atoms with E-state index in [4.69, 9.17) is 19.5 Å². The van der Waals surface area contributed by atoms with Crippen molar-refractivity contribution in [2.45, 2.75) is 37.1 Å². The number of hydrogen-bond donors (Lipinski definition) is 0. The van der Waals surface area contributed by atoms with Gasteiger partial charge in [0.1, 0.15) is 17.5 Å². The number of fused-ring (bicyclic) bond motifs is 1. The van der Waals surface area contributed by atoms with Crippen LogP contribution in [0, 0.1) is 5.41 Å². The maximum atomic E-state index is 7.02. The number of nitrogens with zero attached hydrogens (tertiary/aromatic N) is 2. The molecule has 0 N–H and O–H groups in total. The summed E-state index contributed by atoms with van der Waals surface area (Å²) in [6, 6.07) is 50.2. The summed E-state index contributed by atoms with van der Waals surface area (Å²) in [6.45, 7) is 0. The zero-order valence-corrected chi connectivity index (χ0v) is 23.8. The van der Waals surface area contributed by atoms with E-state index in [2.05, 4.69) is 121 Å². The van der Waals surface area contributed by atoms with Crippen LogP contribution in [0.3, 0.4) is 0 Å². The SMILES string of the molecule is c1ccc(C2N=C(C3(C4=NC(c5ccccc5)C(c5ccccc5)O4)Cc4ccccc4C3)OC2c2ccccc2)cc1. The van der Waals surface area contributed by atoms with Crippen molar-refractivity contribution in [1.29, 1.82) is 0 Å². The number of rotatable bonds is 6. The van der Waals surface area contributed by atoms with E-state index >= 15 is 0 Å². The number of hydrogen-bond acceptors (Lipinski definition) is 4. The van der Waals surface area contributed by atoms with Gasteiger partial charge >= 0.3 is 0 Å². The molecule has 0 saturated heterocycles. The molecule has 1 aliphatic carbocycles. The van der Waals surface area contributed by atoms with Crippen LogP contribution in [-0.4, -0.2) is 11.8 Å². The molecule has 4 heteroatoms. The van der Waals surface area contributed by atoms with Gasteiger partial charge in [-0.1, -0.05) is 146 Å². The first-order valence-electron chi connectivity index (χ1n) is 15.0. The third-order valence-electron chi connectivity index (χ3n) is 9.02. The van der Waals surface area contributed by atoms with Gasteiger partial charge in [-0.15, -0.1) is 0 Å². The summed E-state index contributed by atoms with van der Waals surface area (Å²) in [6.07, 6.45) is 0.979. The first kappa shape index (κ1) is 25.7. The molecule has 0 aromatic heterocycles. The first-order chi connectivity index (χ1) is 21.3. The molecule has 8 rings (SSSR count). The van der Waals surface area contributed by atoms with Gasteiger partial charge in [-0.05, 0) is 46.2 Å². The average molecular weight is 561 g/mol. The lowest BCUT2D eigenvalue weighted by Gasteiger charge is -2.29. The van der Waals surface area contributed by atoms with E-state index in [1.807, 2.05) is 24.3 Å². The third-order valence-corrected chi connectivity index (χ3v) is 9.02. The Labute approximate surface area is 252 Å². The monoisotopic (exact) mass is 560 g/mol. The van der Waals surface area contributed by atoms with Crippen molar-refractivity contribution in [3.05, 3.63) is 179 Å². The van der Waals surface area contributed by atoms with E-state index in [9.17, 15) is 0 Å². The molecule has 2 heterocycles. The Bertz CT molecular complexity index is 1650. The van der Waals surface area contributed by atoms with E-state index in [0.29, 0.717) is 11.8 Å². The molecule has 0 spiro atoms. The van der Waals surface area contributed by atoms with Crippen molar-refractivity contribution < 1.29 is 9.47 Å². The van der Waals surface area contributed by atoms with Gasteiger partial charge in [0, 0.05) is 0 Å². The molecule has 5 aromatic carbocycles. The number of ether oxygens (including phenoxy) is 2. The lowest BCUT2D eigenvalue weighted by atomic mass is 9.83. The Kier molecular flexibility index (Phi) is 6.40. The number of benzene rings is 5. The summed E-state index contributed by atoms with van der Waals surface area (Å²) in [7, 11) is 0. The smallest absolute Gasteiger partial charge is 0.201 e. The molecular weight excluding hydrogens is 528 g/mol. The minimum Gasteiger partial charge on any atom is -0.469 e. The maximum Gasteiger partial charge on any atom is 0.201 e. The Morgan fingerprint density at radius 3 is 1.12 bits per heavy atom. The van der Waals surface area contributed by atoms with Crippen molar-refractivity contribution in [2.24, 2.45) is 15.4 Å². The van der Waals surface area contributed by atoms with E-state index in [-0.39, 0.29) is 24.3 Å². The molecule has 3 aliphatic rings. The van der Waals surface area contributed by atoms with E-state index in [0.717, 1.165) is 35.1 Å². The Hall–Kier alpha value is -4.96. The highest BCUT2D eigenvalue weighted by molar-refractivity contribution is 6.08. The molecule has 5 aromatic rings. The minimum atomic E-state index is -0.642. The van der Waals surface area contributed by atoms with Gasteiger partial charge in [-0.25, -0.2) is 9.98 Å². The minimum absolute atomic E-state index is 0.170. The van der Waals surface area contributed by atoms with Crippen LogP contribution in [0.2, 0.25) is 0 Å². The molecule has 0 bridgehead atoms. The van der Waals surface area contributed by atoms with Gasteiger partial charge in [0.25, 0.3) is 0 Å². The molecule has 4 atom stereocenters. The zero-order chi connectivity index (χ0) is 28.6. The molecule has 4 unspecified atom stereocenters. The van der Waals surface area contributed by atoms with Crippen LogP contribution in [-0.2, 0) is 22.3 Å². The fraction of sp³-hybridized carbons (Fsp3) is 0.179. The second-order valence-electron chi connectivity index (χ2n) is 11.7. The largest absolute Gasteiger partial charge is 0.469 e. The van der Waals surface area contributed by atoms with Gasteiger partial charge in [-0.2, -0.15) is 0 Å². The Morgan fingerprint density at radius 2 is 0.744 bits per heavy atom. The highest BCUT2D eigenvalue weighted by Gasteiger charge is 2.55.